The molecule has 0 bridgehead atoms. The molecule has 0 unspecified atom stereocenters. The predicted molar refractivity (Wildman–Crippen MR) is 70.2 cm³/mol. The summed E-state index contributed by atoms with van der Waals surface area (Å²) in [4.78, 5) is 8.28. The Bertz CT molecular complexity index is 485. The summed E-state index contributed by atoms with van der Waals surface area (Å²) >= 11 is 6.19. The van der Waals surface area contributed by atoms with Crippen LogP contribution >= 0.6 is 11.6 Å². The van der Waals surface area contributed by atoms with Gasteiger partial charge in [-0.15, -0.1) is 0 Å². The largest absolute Gasteiger partial charge is 0.365 e. The number of nitrogens with one attached hydrogen (secondary N) is 1. The summed E-state index contributed by atoms with van der Waals surface area (Å²) in [6, 6.07) is 10.1. The van der Waals surface area contributed by atoms with E-state index in [1.54, 1.807) is 0 Å². The average molecular weight is 248 g/mol. The smallest absolute Gasteiger partial charge is 0.148 e. The number of benzene rings is 1. The van der Waals surface area contributed by atoms with E-state index in [9.17, 15) is 0 Å². The SMILES string of the molecule is CCc1ncnc(NCc2ccccc2)c1Cl. The van der Waals surface area contributed by atoms with Gasteiger partial charge in [-0.2, -0.15) is 0 Å². The Kier molecular flexibility index (Phi) is 3.94. The van der Waals surface area contributed by atoms with Crippen molar-refractivity contribution in [2.45, 2.75) is 19.9 Å². The second kappa shape index (κ2) is 5.64. The van der Waals surface area contributed by atoms with Gasteiger partial charge in [0.25, 0.3) is 0 Å². The summed E-state index contributed by atoms with van der Waals surface area (Å²) in [6.07, 6.45) is 2.35. The lowest BCUT2D eigenvalue weighted by Gasteiger charge is -2.09. The molecule has 4 heteroatoms. The summed E-state index contributed by atoms with van der Waals surface area (Å²) in [5, 5.41) is 3.84. The van der Waals surface area contributed by atoms with Crippen molar-refractivity contribution in [1.29, 1.82) is 0 Å². The third kappa shape index (κ3) is 2.94. The number of anilines is 1. The minimum absolute atomic E-state index is 0.617. The van der Waals surface area contributed by atoms with Crippen LogP contribution in [-0.4, -0.2) is 9.97 Å². The highest BCUT2D eigenvalue weighted by Crippen LogP contribution is 2.22. The highest BCUT2D eigenvalue weighted by Gasteiger charge is 2.06. The minimum atomic E-state index is 0.617. The number of rotatable bonds is 4. The van der Waals surface area contributed by atoms with Crippen LogP contribution in [0.4, 0.5) is 5.82 Å². The normalized spacial score (nSPS) is 10.2. The van der Waals surface area contributed by atoms with Crippen molar-refractivity contribution >= 4 is 17.4 Å². The molecule has 2 rings (SSSR count). The van der Waals surface area contributed by atoms with Crippen LogP contribution < -0.4 is 5.32 Å². The van der Waals surface area contributed by atoms with Crippen molar-refractivity contribution in [2.24, 2.45) is 0 Å². The number of nitrogens with zero attached hydrogens (tertiary/aromatic N) is 2. The minimum Gasteiger partial charge on any atom is -0.365 e. The molecule has 0 atom stereocenters. The van der Waals surface area contributed by atoms with Crippen molar-refractivity contribution in [3.05, 3.63) is 52.9 Å². The molecule has 2 aromatic rings. The Morgan fingerprint density at radius 3 is 2.65 bits per heavy atom. The molecular formula is C13H14ClN3. The van der Waals surface area contributed by atoms with Gasteiger partial charge in [-0.1, -0.05) is 48.9 Å². The van der Waals surface area contributed by atoms with Crippen LogP contribution in [0, 0.1) is 0 Å². The van der Waals surface area contributed by atoms with Crippen molar-refractivity contribution in [1.82, 2.24) is 9.97 Å². The first kappa shape index (κ1) is 11.9. The zero-order valence-corrected chi connectivity index (χ0v) is 10.4. The van der Waals surface area contributed by atoms with Gasteiger partial charge in [0.15, 0.2) is 0 Å². The Morgan fingerprint density at radius 2 is 1.94 bits per heavy atom. The van der Waals surface area contributed by atoms with Crippen LogP contribution in [-0.2, 0) is 13.0 Å². The van der Waals surface area contributed by atoms with Crippen LogP contribution in [0.3, 0.4) is 0 Å². The first-order chi connectivity index (χ1) is 8.31. The predicted octanol–water partition coefficient (Wildman–Crippen LogP) is 3.30. The fraction of sp³-hybridized carbons (Fsp3) is 0.231. The third-order valence-corrected chi connectivity index (χ3v) is 2.90. The summed E-state index contributed by atoms with van der Waals surface area (Å²) in [7, 11) is 0. The summed E-state index contributed by atoms with van der Waals surface area (Å²) < 4.78 is 0. The van der Waals surface area contributed by atoms with Crippen molar-refractivity contribution in [2.75, 3.05) is 5.32 Å². The maximum absolute atomic E-state index is 6.19. The molecular weight excluding hydrogens is 234 g/mol. The number of halogens is 1. The molecule has 0 aliphatic rings. The van der Waals surface area contributed by atoms with Gasteiger partial charge < -0.3 is 5.32 Å². The molecule has 0 amide bonds. The lowest BCUT2D eigenvalue weighted by atomic mass is 10.2. The number of aromatic nitrogens is 2. The molecule has 0 aliphatic heterocycles. The third-order valence-electron chi connectivity index (χ3n) is 2.50. The molecule has 17 heavy (non-hydrogen) atoms. The van der Waals surface area contributed by atoms with Crippen LogP contribution in [0.1, 0.15) is 18.2 Å². The molecule has 1 heterocycles. The van der Waals surface area contributed by atoms with E-state index in [0.717, 1.165) is 12.1 Å². The Hall–Kier alpha value is -1.61. The molecule has 0 aliphatic carbocycles. The molecule has 0 spiro atoms. The van der Waals surface area contributed by atoms with Gasteiger partial charge in [-0.25, -0.2) is 9.97 Å². The Balaban J connectivity index is 2.09. The zero-order valence-electron chi connectivity index (χ0n) is 9.65. The number of aryl methyl sites for hydroxylation is 1. The summed E-state index contributed by atoms with van der Waals surface area (Å²) in [5.41, 5.74) is 2.07. The van der Waals surface area contributed by atoms with Gasteiger partial charge in [-0.05, 0) is 12.0 Å². The molecule has 0 saturated heterocycles. The number of hydrogen-bond donors (Lipinski definition) is 1. The topological polar surface area (TPSA) is 37.8 Å². The molecule has 88 valence electrons. The van der Waals surface area contributed by atoms with E-state index < -0.39 is 0 Å². The molecule has 3 nitrogen and oxygen atoms in total. The van der Waals surface area contributed by atoms with Gasteiger partial charge in [0.05, 0.1) is 5.69 Å². The van der Waals surface area contributed by atoms with Gasteiger partial charge in [0.1, 0.15) is 17.2 Å². The lowest BCUT2D eigenvalue weighted by Crippen LogP contribution is -2.04. The van der Waals surface area contributed by atoms with E-state index in [1.165, 1.54) is 11.9 Å². The van der Waals surface area contributed by atoms with E-state index in [4.69, 9.17) is 11.6 Å². The summed E-state index contributed by atoms with van der Waals surface area (Å²) in [6.45, 7) is 2.73. The van der Waals surface area contributed by atoms with E-state index in [1.807, 2.05) is 25.1 Å². The van der Waals surface area contributed by atoms with E-state index in [0.29, 0.717) is 17.4 Å². The average Bonchev–Trinajstić information content (AvgIpc) is 2.39. The van der Waals surface area contributed by atoms with Crippen molar-refractivity contribution < 1.29 is 0 Å². The first-order valence-corrected chi connectivity index (χ1v) is 5.96. The van der Waals surface area contributed by atoms with Crippen LogP contribution in [0.5, 0.6) is 0 Å². The van der Waals surface area contributed by atoms with Crippen LogP contribution in [0.25, 0.3) is 0 Å². The van der Waals surface area contributed by atoms with Crippen molar-refractivity contribution in [3.8, 4) is 0 Å². The molecule has 0 fully saturated rings. The zero-order chi connectivity index (χ0) is 12.1. The maximum atomic E-state index is 6.19. The maximum Gasteiger partial charge on any atom is 0.148 e. The Morgan fingerprint density at radius 1 is 1.18 bits per heavy atom. The molecule has 1 aromatic heterocycles. The number of hydrogen-bond acceptors (Lipinski definition) is 3. The van der Waals surface area contributed by atoms with Crippen LogP contribution in [0.15, 0.2) is 36.7 Å². The quantitative estimate of drug-likeness (QED) is 0.901. The standard InChI is InChI=1S/C13H14ClN3/c1-2-11-12(14)13(17-9-16-11)15-8-10-6-4-3-5-7-10/h3-7,9H,2,8H2,1H3,(H,15,16,17). The lowest BCUT2D eigenvalue weighted by molar-refractivity contribution is 0.987. The van der Waals surface area contributed by atoms with E-state index in [2.05, 4.69) is 27.4 Å². The molecule has 1 aromatic carbocycles. The molecule has 0 saturated carbocycles. The Labute approximate surface area is 106 Å². The van der Waals surface area contributed by atoms with Gasteiger partial charge in [-0.3, -0.25) is 0 Å². The fourth-order valence-corrected chi connectivity index (χ4v) is 1.86. The van der Waals surface area contributed by atoms with E-state index >= 15 is 0 Å². The summed E-state index contributed by atoms with van der Waals surface area (Å²) in [5.74, 6) is 0.697. The molecule has 1 N–H and O–H groups in total. The van der Waals surface area contributed by atoms with Gasteiger partial charge >= 0.3 is 0 Å². The second-order valence-electron chi connectivity index (χ2n) is 3.68. The van der Waals surface area contributed by atoms with Gasteiger partial charge in [0.2, 0.25) is 0 Å². The first-order valence-electron chi connectivity index (χ1n) is 5.58. The second-order valence-corrected chi connectivity index (χ2v) is 4.05. The fourth-order valence-electron chi connectivity index (χ4n) is 1.56. The van der Waals surface area contributed by atoms with Crippen LogP contribution in [0.2, 0.25) is 5.02 Å². The van der Waals surface area contributed by atoms with Gasteiger partial charge in [0, 0.05) is 6.54 Å². The van der Waals surface area contributed by atoms with Crippen molar-refractivity contribution in [3.63, 3.8) is 0 Å². The molecule has 0 radical (unpaired) electrons. The highest BCUT2D eigenvalue weighted by atomic mass is 35.5. The monoisotopic (exact) mass is 247 g/mol. The highest BCUT2D eigenvalue weighted by molar-refractivity contribution is 6.33. The van der Waals surface area contributed by atoms with E-state index in [-0.39, 0.29) is 0 Å².